The summed E-state index contributed by atoms with van der Waals surface area (Å²) in [5.41, 5.74) is 16.6. The van der Waals surface area contributed by atoms with Crippen LogP contribution in [-0.2, 0) is 76.1 Å². The molecule has 19 rings (SSSR count). The molecule has 9 heterocycles. The second kappa shape index (κ2) is 38.0. The van der Waals surface area contributed by atoms with Crippen LogP contribution in [0.3, 0.4) is 0 Å². The predicted molar refractivity (Wildman–Crippen MR) is 488 cm³/mol. The lowest BCUT2D eigenvalue weighted by Crippen LogP contribution is -2.37. The molecule has 0 spiro atoms. The maximum absolute atomic E-state index is 14.0. The number of nitrogens with zero attached hydrogens (tertiary/aromatic N) is 9. The largest absolute Gasteiger partial charge is 0.494 e. The van der Waals surface area contributed by atoms with Crippen LogP contribution in [0.2, 0.25) is 0 Å². The number of aliphatic carboxylic acids is 1. The van der Waals surface area contributed by atoms with Gasteiger partial charge < -0.3 is 47.8 Å². The van der Waals surface area contributed by atoms with Gasteiger partial charge in [0.15, 0.2) is 23.0 Å². The zero-order chi connectivity index (χ0) is 86.1. The highest BCUT2D eigenvalue weighted by Gasteiger charge is 2.42. The number of imide groups is 1. The van der Waals surface area contributed by atoms with Crippen molar-refractivity contribution in [1.29, 1.82) is 0 Å². The van der Waals surface area contributed by atoms with Gasteiger partial charge in [-0.05, 0) is 180 Å². The van der Waals surface area contributed by atoms with E-state index in [1.165, 1.54) is 14.2 Å². The van der Waals surface area contributed by atoms with E-state index >= 15 is 0 Å². The summed E-state index contributed by atoms with van der Waals surface area (Å²) in [5.74, 6) is 0.825. The number of rotatable bonds is 27. The average Bonchev–Trinajstić information content (AvgIpc) is 1.62. The van der Waals surface area contributed by atoms with Crippen molar-refractivity contribution in [2.75, 3.05) is 47.0 Å². The summed E-state index contributed by atoms with van der Waals surface area (Å²) in [4.78, 5) is 134. The Bertz CT molecular complexity index is 6180. The summed E-state index contributed by atoms with van der Waals surface area (Å²) in [6.07, 6.45) is 12.2. The molecule has 10 aromatic carbocycles. The van der Waals surface area contributed by atoms with Crippen LogP contribution in [0.1, 0.15) is 171 Å². The molecule has 27 nitrogen and oxygen atoms in total. The van der Waals surface area contributed by atoms with E-state index in [0.717, 1.165) is 78.4 Å². The summed E-state index contributed by atoms with van der Waals surface area (Å²) >= 11 is 0. The Kier molecular flexibility index (Phi) is 26.1. The number of benzene rings is 10. The van der Waals surface area contributed by atoms with Gasteiger partial charge in [-0.25, -0.2) is 4.79 Å². The normalized spacial score (nSPS) is 16.9. The van der Waals surface area contributed by atoms with Crippen LogP contribution in [0.15, 0.2) is 202 Å². The molecule has 1 saturated heterocycles. The Balaban J connectivity index is 0.000000194. The fourth-order valence-electron chi connectivity index (χ4n) is 17.3. The number of hydrogen-bond donors (Lipinski definition) is 1. The van der Waals surface area contributed by atoms with Gasteiger partial charge in [0.05, 0.1) is 96.6 Å². The summed E-state index contributed by atoms with van der Waals surface area (Å²) in [5, 5.41) is 9.61. The van der Waals surface area contributed by atoms with Gasteiger partial charge in [-0.1, -0.05) is 95.1 Å². The number of hydroxylamine groups is 2. The number of amides is 6. The number of carboxylic acid groups (broad SMARTS) is 1. The van der Waals surface area contributed by atoms with Gasteiger partial charge in [-0.3, -0.25) is 73.1 Å². The highest BCUT2D eigenvalue weighted by molar-refractivity contribution is 6.18. The lowest BCUT2D eigenvalue weighted by molar-refractivity contribution is -0.197. The molecule has 0 bridgehead atoms. The van der Waals surface area contributed by atoms with Gasteiger partial charge >= 0.3 is 11.9 Å². The molecule has 1 fully saturated rings. The van der Waals surface area contributed by atoms with Gasteiger partial charge in [0.1, 0.15) is 49.4 Å². The average molecular weight is 1730 g/mol. The highest BCUT2D eigenvalue weighted by atomic mass is 16.7. The molecule has 0 saturated carbocycles. The van der Waals surface area contributed by atoms with Crippen LogP contribution in [0.5, 0.6) is 46.0 Å². The second-order valence-electron chi connectivity index (χ2n) is 31.9. The van der Waals surface area contributed by atoms with Crippen molar-refractivity contribution in [2.24, 2.45) is 20.0 Å². The number of carbonyl (C=O) groups is 8. The molecule has 27 heteroatoms. The first-order valence-corrected chi connectivity index (χ1v) is 41.7. The van der Waals surface area contributed by atoms with Crippen LogP contribution in [0, 0.1) is 13.8 Å². The minimum atomic E-state index is -0.841. The SMILES string of the molecule is C.C.C.COc1cc2c(cc1OCc1cc(COc3cc4c(cc3C)C(=O)N3c5ccccc5C[C@H]3C=N4)cc(OCCCCC(=O)O)c1)N=C[C@@H]1Cc3ccccc3N1C2=O.COc1cc2c(cc1OCc1cc(COc3cc4c(cc3C)C(=O)N3c5ccccc5C[C@H]3C=N4)cc(OCCCCC(=O)ON3C(=O)CCC3=O)c1)N=C[C@@H]1Cc3ccccc3N1C2=O. The molecule has 0 unspecified atom stereocenters. The van der Waals surface area contributed by atoms with Crippen molar-refractivity contribution >= 4 is 118 Å². The third kappa shape index (κ3) is 18.0. The van der Waals surface area contributed by atoms with E-state index in [0.29, 0.717) is 154 Å². The standard InChI is InChI=1S/C51H45N5O10.C47H42N4O8.3CH4/c1-30-17-38-40(52-26-35-21-33-9-3-5-11-42(33)54(35)50(38)60)24-44(30)64-28-31-18-32(20-37(19-31)63-16-8-7-13-49(59)66-56-47(57)14-15-48(56)58)29-65-46-25-41-39(23-45(46)62-2)51(61)55-36(27-53-41)22-34-10-4-6-12-43(34)55;1-28-15-36-38(48-24-33-19-31-9-3-5-11-40(31)50(33)46(36)54)22-42(28)58-26-29-16-30(18-35(17-29)57-14-8-7-13-45(52)53)27-59-44-23-39-37(21-43(44)56-2)47(55)51-34(25-49-39)20-32-10-4-6-12-41(32)51;;;/h3-6,9-12,17-20,23-27,35-36H,7-8,13-16,21-22,28-29H2,1-2H3;3-6,9-12,15-18,21-25,33-34H,7-8,13-14,19-20,26-27H2,1-2H3,(H,52,53);3*1H4/t35-,36-;33-,34-;;;/m00.../s1. The van der Waals surface area contributed by atoms with E-state index in [1.807, 2.05) is 194 Å². The zero-order valence-corrected chi connectivity index (χ0v) is 69.1. The molecule has 10 aromatic rings. The Labute approximate surface area is 741 Å². The van der Waals surface area contributed by atoms with Crippen LogP contribution >= 0.6 is 0 Å². The lowest BCUT2D eigenvalue weighted by Gasteiger charge is -2.22. The van der Waals surface area contributed by atoms with Crippen molar-refractivity contribution in [1.82, 2.24) is 5.06 Å². The number of para-hydroxylation sites is 4. The molecule has 9 aliphatic rings. The Morgan fingerprint density at radius 3 is 1.00 bits per heavy atom. The number of aliphatic imine (C=N–C) groups is 4. The molecule has 128 heavy (non-hydrogen) atoms. The van der Waals surface area contributed by atoms with E-state index < -0.39 is 23.8 Å². The maximum Gasteiger partial charge on any atom is 0.333 e. The van der Waals surface area contributed by atoms with Crippen LogP contribution in [0.25, 0.3) is 0 Å². The Morgan fingerprint density at radius 2 is 0.672 bits per heavy atom. The van der Waals surface area contributed by atoms with Gasteiger partial charge in [-0.15, -0.1) is 5.06 Å². The Hall–Kier alpha value is -14.8. The summed E-state index contributed by atoms with van der Waals surface area (Å²) in [6.45, 7) is 4.95. The monoisotopic (exact) mass is 1730 g/mol. The number of fused-ring (bicyclic) bond motifs is 16. The maximum atomic E-state index is 14.0. The zero-order valence-electron chi connectivity index (χ0n) is 69.1. The van der Waals surface area contributed by atoms with Crippen LogP contribution in [-0.4, -0.2) is 134 Å². The van der Waals surface area contributed by atoms with Crippen LogP contribution in [0.4, 0.5) is 45.5 Å². The van der Waals surface area contributed by atoms with Gasteiger partial charge in [-0.2, -0.15) is 0 Å². The van der Waals surface area contributed by atoms with Gasteiger partial charge in [0.25, 0.3) is 35.4 Å². The molecule has 0 aromatic heterocycles. The number of methoxy groups -OCH3 is 2. The third-order valence-electron chi connectivity index (χ3n) is 23.5. The minimum absolute atomic E-state index is 0. The molecule has 6 amide bonds. The molecular formula is C101H99N9O18. The number of unbranched alkanes of at least 4 members (excludes halogenated alkanes) is 2. The van der Waals surface area contributed by atoms with Crippen molar-refractivity contribution in [3.05, 3.63) is 260 Å². The highest BCUT2D eigenvalue weighted by Crippen LogP contribution is 2.47. The van der Waals surface area contributed by atoms with Crippen molar-refractivity contribution in [3.8, 4) is 46.0 Å². The van der Waals surface area contributed by atoms with E-state index in [1.54, 1.807) is 40.1 Å². The van der Waals surface area contributed by atoms with E-state index in [4.69, 9.17) is 67.8 Å². The van der Waals surface area contributed by atoms with Crippen molar-refractivity contribution in [3.63, 3.8) is 0 Å². The second-order valence-corrected chi connectivity index (χ2v) is 31.9. The molecule has 0 aliphatic carbocycles. The molecule has 9 aliphatic heterocycles. The smallest absolute Gasteiger partial charge is 0.333 e. The van der Waals surface area contributed by atoms with Crippen molar-refractivity contribution in [2.45, 2.75) is 164 Å². The van der Waals surface area contributed by atoms with E-state index in [9.17, 15) is 38.4 Å². The number of hydrogen-bond acceptors (Lipinski definition) is 21. The van der Waals surface area contributed by atoms with Gasteiger partial charge in [0.2, 0.25) is 0 Å². The third-order valence-corrected chi connectivity index (χ3v) is 23.5. The first-order chi connectivity index (χ1) is 60.8. The van der Waals surface area contributed by atoms with E-state index in [-0.39, 0.29) is 129 Å². The lowest BCUT2D eigenvalue weighted by atomic mass is 10.1. The number of carboxylic acids is 1. The number of carbonyl (C=O) groups excluding carboxylic acids is 7. The minimum Gasteiger partial charge on any atom is -0.494 e. The number of ether oxygens (including phenoxy) is 8. The fourth-order valence-corrected chi connectivity index (χ4v) is 17.3. The molecule has 656 valence electrons. The molecule has 0 radical (unpaired) electrons. The quantitative estimate of drug-likeness (QED) is 0.0369. The molecular weight excluding hydrogens is 1630 g/mol. The predicted octanol–water partition coefficient (Wildman–Crippen LogP) is 18.2. The summed E-state index contributed by atoms with van der Waals surface area (Å²) in [6, 6.07) is 56.5. The summed E-state index contributed by atoms with van der Waals surface area (Å²) < 4.78 is 49.4. The van der Waals surface area contributed by atoms with Crippen molar-refractivity contribution < 1.29 is 86.2 Å². The number of anilines is 4. The fraction of sp³-hybridized carbons (Fsp3) is 0.287. The first-order valence-electron chi connectivity index (χ1n) is 41.7. The summed E-state index contributed by atoms with van der Waals surface area (Å²) in [7, 11) is 3.06. The topological polar surface area (TPSA) is 305 Å². The molecule has 1 N–H and O–H groups in total. The first kappa shape index (κ1) is 88.1. The Morgan fingerprint density at radius 1 is 0.367 bits per heavy atom. The van der Waals surface area contributed by atoms with Gasteiger partial charge in [0, 0.05) is 123 Å². The van der Waals surface area contributed by atoms with E-state index in [2.05, 4.69) is 6.07 Å². The number of aryl methyl sites for hydroxylation is 2. The van der Waals surface area contributed by atoms with Crippen LogP contribution < -0.4 is 57.5 Å². The molecule has 4 atom stereocenters.